The highest BCUT2D eigenvalue weighted by atomic mass is 32.2. The molecule has 6 heteroatoms. The first-order valence-electron chi connectivity index (χ1n) is 5.08. The third-order valence-corrected chi connectivity index (χ3v) is 5.41. The van der Waals surface area contributed by atoms with Crippen LogP contribution < -0.4 is 10.5 Å². The van der Waals surface area contributed by atoms with Gasteiger partial charge in [0.1, 0.15) is 0 Å². The summed E-state index contributed by atoms with van der Waals surface area (Å²) < 4.78 is 26.4. The molecule has 4 nitrogen and oxygen atoms in total. The molecule has 3 N–H and O–H groups in total. The van der Waals surface area contributed by atoms with Crippen molar-refractivity contribution in [3.05, 3.63) is 0 Å². The summed E-state index contributed by atoms with van der Waals surface area (Å²) >= 11 is 4.83. The van der Waals surface area contributed by atoms with Gasteiger partial charge in [0.2, 0.25) is 10.0 Å². The van der Waals surface area contributed by atoms with Gasteiger partial charge in [0, 0.05) is 0 Å². The van der Waals surface area contributed by atoms with Crippen molar-refractivity contribution in [2.24, 2.45) is 5.73 Å². The lowest BCUT2D eigenvalue weighted by Crippen LogP contribution is -2.54. The van der Waals surface area contributed by atoms with Crippen molar-refractivity contribution in [3.8, 4) is 0 Å². The maximum absolute atomic E-state index is 11.9. The van der Waals surface area contributed by atoms with Crippen LogP contribution in [0, 0.1) is 0 Å². The summed E-state index contributed by atoms with van der Waals surface area (Å²) in [4.78, 5) is 0.170. The molecule has 15 heavy (non-hydrogen) atoms. The van der Waals surface area contributed by atoms with Gasteiger partial charge in [0.05, 0.1) is 15.8 Å². The highest BCUT2D eigenvalue weighted by Crippen LogP contribution is 2.25. The van der Waals surface area contributed by atoms with Crippen molar-refractivity contribution in [3.63, 3.8) is 0 Å². The number of thiocarbonyl (C=S) groups is 1. The Morgan fingerprint density at radius 2 is 1.87 bits per heavy atom. The third kappa shape index (κ3) is 3.12. The fourth-order valence-electron chi connectivity index (χ4n) is 1.69. The minimum absolute atomic E-state index is 0.170. The van der Waals surface area contributed by atoms with Crippen LogP contribution in [-0.4, -0.2) is 24.2 Å². The first kappa shape index (κ1) is 12.9. The lowest BCUT2D eigenvalue weighted by Gasteiger charge is -2.26. The standard InChI is InChI=1S/C9H18N2O2S2/c1-9(2,8(10)14)11-15(12,13)7-5-3-4-6-7/h7,11H,3-6H2,1-2H3,(H2,10,14). The molecular weight excluding hydrogens is 232 g/mol. The summed E-state index contributed by atoms with van der Waals surface area (Å²) in [6.45, 7) is 3.36. The van der Waals surface area contributed by atoms with Gasteiger partial charge in [-0.05, 0) is 26.7 Å². The molecule has 1 fully saturated rings. The Morgan fingerprint density at radius 3 is 2.27 bits per heavy atom. The summed E-state index contributed by atoms with van der Waals surface area (Å²) in [6.07, 6.45) is 3.45. The zero-order valence-corrected chi connectivity index (χ0v) is 10.7. The van der Waals surface area contributed by atoms with E-state index in [4.69, 9.17) is 18.0 Å². The van der Waals surface area contributed by atoms with Gasteiger partial charge in [-0.15, -0.1) is 0 Å². The molecule has 0 amide bonds. The Balaban J connectivity index is 2.76. The maximum Gasteiger partial charge on any atom is 0.215 e. The molecule has 0 radical (unpaired) electrons. The average molecular weight is 250 g/mol. The normalized spacial score (nSPS) is 19.3. The van der Waals surface area contributed by atoms with E-state index in [1.807, 2.05) is 0 Å². The van der Waals surface area contributed by atoms with Gasteiger partial charge >= 0.3 is 0 Å². The highest BCUT2D eigenvalue weighted by molar-refractivity contribution is 7.90. The Bertz CT molecular complexity index is 343. The second-order valence-corrected chi connectivity index (χ2v) is 6.94. The smallest absolute Gasteiger partial charge is 0.215 e. The zero-order valence-electron chi connectivity index (χ0n) is 9.12. The number of hydrogen-bond acceptors (Lipinski definition) is 3. The zero-order chi connectivity index (χ0) is 11.7. The molecule has 0 unspecified atom stereocenters. The van der Waals surface area contributed by atoms with E-state index in [0.717, 1.165) is 25.7 Å². The Labute approximate surface area is 96.7 Å². The predicted octanol–water partition coefficient (Wildman–Crippen LogP) is 0.913. The quantitative estimate of drug-likeness (QED) is 0.728. The lowest BCUT2D eigenvalue weighted by atomic mass is 10.1. The number of nitrogens with one attached hydrogen (secondary N) is 1. The van der Waals surface area contributed by atoms with Crippen molar-refractivity contribution >= 4 is 27.2 Å². The summed E-state index contributed by atoms with van der Waals surface area (Å²) in [7, 11) is -3.28. The third-order valence-electron chi connectivity index (χ3n) is 2.75. The second kappa shape index (κ2) is 4.35. The van der Waals surface area contributed by atoms with Crippen LogP contribution in [0.15, 0.2) is 0 Å². The van der Waals surface area contributed by atoms with Gasteiger partial charge in [-0.3, -0.25) is 0 Å². The maximum atomic E-state index is 11.9. The summed E-state index contributed by atoms with van der Waals surface area (Å²) in [6, 6.07) is 0. The van der Waals surface area contributed by atoms with Gasteiger partial charge in [-0.1, -0.05) is 25.1 Å². The first-order valence-corrected chi connectivity index (χ1v) is 7.04. The van der Waals surface area contributed by atoms with E-state index >= 15 is 0 Å². The van der Waals surface area contributed by atoms with E-state index < -0.39 is 15.6 Å². The molecule has 0 aliphatic heterocycles. The summed E-state index contributed by atoms with van der Waals surface area (Å²) in [5.74, 6) is 0. The van der Waals surface area contributed by atoms with E-state index in [9.17, 15) is 8.42 Å². The van der Waals surface area contributed by atoms with Gasteiger partial charge in [0.25, 0.3) is 0 Å². The van der Waals surface area contributed by atoms with Crippen LogP contribution in [0.1, 0.15) is 39.5 Å². The van der Waals surface area contributed by atoms with Gasteiger partial charge < -0.3 is 5.73 Å². The van der Waals surface area contributed by atoms with Crippen molar-refractivity contribution in [2.75, 3.05) is 0 Å². The van der Waals surface area contributed by atoms with E-state index in [-0.39, 0.29) is 10.2 Å². The molecule has 0 spiro atoms. The fourth-order valence-corrected chi connectivity index (χ4v) is 3.75. The molecule has 0 heterocycles. The molecule has 1 saturated carbocycles. The van der Waals surface area contributed by atoms with E-state index in [0.29, 0.717) is 0 Å². The highest BCUT2D eigenvalue weighted by Gasteiger charge is 2.34. The predicted molar refractivity (Wildman–Crippen MR) is 65.2 cm³/mol. The molecule has 0 aromatic rings. The lowest BCUT2D eigenvalue weighted by molar-refractivity contribution is 0.532. The van der Waals surface area contributed by atoms with Crippen molar-refractivity contribution in [1.29, 1.82) is 0 Å². The van der Waals surface area contributed by atoms with Crippen LogP contribution in [-0.2, 0) is 10.0 Å². The van der Waals surface area contributed by atoms with Crippen LogP contribution >= 0.6 is 12.2 Å². The SMILES string of the molecule is CC(C)(NS(=O)(=O)C1CCCC1)C(N)=S. The van der Waals surface area contributed by atoms with Gasteiger partial charge in [-0.25, -0.2) is 13.1 Å². The van der Waals surface area contributed by atoms with Gasteiger partial charge in [-0.2, -0.15) is 0 Å². The number of hydrogen-bond donors (Lipinski definition) is 2. The molecule has 0 aromatic carbocycles. The number of rotatable bonds is 4. The average Bonchev–Trinajstić information content (AvgIpc) is 2.53. The number of nitrogens with two attached hydrogens (primary N) is 1. The fraction of sp³-hybridized carbons (Fsp3) is 0.889. The molecule has 0 saturated heterocycles. The van der Waals surface area contributed by atoms with Crippen LogP contribution in [0.5, 0.6) is 0 Å². The van der Waals surface area contributed by atoms with Crippen molar-refractivity contribution in [1.82, 2.24) is 4.72 Å². The van der Waals surface area contributed by atoms with Crippen LogP contribution in [0.2, 0.25) is 0 Å². The van der Waals surface area contributed by atoms with Crippen LogP contribution in [0.4, 0.5) is 0 Å². The molecule has 0 bridgehead atoms. The van der Waals surface area contributed by atoms with Crippen LogP contribution in [0.3, 0.4) is 0 Å². The molecule has 1 aliphatic carbocycles. The van der Waals surface area contributed by atoms with E-state index in [1.165, 1.54) is 0 Å². The second-order valence-electron chi connectivity index (χ2n) is 4.54. The largest absolute Gasteiger partial charge is 0.392 e. The molecule has 1 rings (SSSR count). The minimum Gasteiger partial charge on any atom is -0.392 e. The molecule has 1 aliphatic rings. The van der Waals surface area contributed by atoms with Crippen molar-refractivity contribution < 1.29 is 8.42 Å². The topological polar surface area (TPSA) is 72.2 Å². The van der Waals surface area contributed by atoms with Gasteiger partial charge in [0.15, 0.2) is 0 Å². The monoisotopic (exact) mass is 250 g/mol. The minimum atomic E-state index is -3.28. The Kier molecular flexibility index (Phi) is 3.73. The number of sulfonamides is 1. The molecule has 0 atom stereocenters. The molecule has 88 valence electrons. The van der Waals surface area contributed by atoms with Crippen LogP contribution in [0.25, 0.3) is 0 Å². The Hall–Kier alpha value is -0.200. The first-order chi connectivity index (χ1) is 6.76. The molecular formula is C9H18N2O2S2. The van der Waals surface area contributed by atoms with Crippen molar-refractivity contribution in [2.45, 2.75) is 50.3 Å². The van der Waals surface area contributed by atoms with E-state index in [1.54, 1.807) is 13.8 Å². The molecule has 0 aromatic heterocycles. The van der Waals surface area contributed by atoms with E-state index in [2.05, 4.69) is 4.72 Å². The Morgan fingerprint density at radius 1 is 1.40 bits per heavy atom. The summed E-state index contributed by atoms with van der Waals surface area (Å²) in [5.41, 5.74) is 4.64. The summed E-state index contributed by atoms with van der Waals surface area (Å²) in [5, 5.41) is -0.272.